The fourth-order valence-corrected chi connectivity index (χ4v) is 1.57. The van der Waals surface area contributed by atoms with Crippen LogP contribution in [0, 0.1) is 0 Å². The van der Waals surface area contributed by atoms with Gasteiger partial charge in [-0.2, -0.15) is 0 Å². The third-order valence-corrected chi connectivity index (χ3v) is 2.23. The molecule has 0 aromatic carbocycles. The van der Waals surface area contributed by atoms with Gasteiger partial charge in [-0.05, 0) is 25.8 Å². The Morgan fingerprint density at radius 1 is 1.45 bits per heavy atom. The van der Waals surface area contributed by atoms with Gasteiger partial charge in [0.05, 0.1) is 0 Å². The molecular weight excluding hydrogens is 134 g/mol. The summed E-state index contributed by atoms with van der Waals surface area (Å²) in [7, 11) is 0. The molecule has 0 fully saturated rings. The van der Waals surface area contributed by atoms with Gasteiger partial charge in [-0.15, -0.1) is 0 Å². The fourth-order valence-electron chi connectivity index (χ4n) is 1.57. The molecule has 0 radical (unpaired) electrons. The quantitative estimate of drug-likeness (QED) is 0.508. The molecule has 2 rings (SSSR count). The maximum atomic E-state index is 2.32. The van der Waals surface area contributed by atoms with E-state index < -0.39 is 0 Å². The van der Waals surface area contributed by atoms with Crippen molar-refractivity contribution in [3.8, 4) is 0 Å². The molecular formula is C10H13N. The van der Waals surface area contributed by atoms with Crippen molar-refractivity contribution in [1.82, 2.24) is 4.90 Å². The Morgan fingerprint density at radius 3 is 3.27 bits per heavy atom. The van der Waals surface area contributed by atoms with Gasteiger partial charge < -0.3 is 4.90 Å². The lowest BCUT2D eigenvalue weighted by atomic mass is 10.1. The Bertz CT molecular complexity index is 246. The summed E-state index contributed by atoms with van der Waals surface area (Å²) in [6, 6.07) is 0. The highest BCUT2D eigenvalue weighted by Crippen LogP contribution is 2.23. The second-order valence-electron chi connectivity index (χ2n) is 3.16. The van der Waals surface area contributed by atoms with E-state index in [2.05, 4.69) is 36.3 Å². The highest BCUT2D eigenvalue weighted by Gasteiger charge is 2.11. The molecule has 0 aromatic heterocycles. The topological polar surface area (TPSA) is 3.24 Å². The smallest absolute Gasteiger partial charge is 0.0408 e. The van der Waals surface area contributed by atoms with Gasteiger partial charge in [-0.25, -0.2) is 0 Å². The largest absolute Gasteiger partial charge is 0.348 e. The van der Waals surface area contributed by atoms with Gasteiger partial charge in [-0.1, -0.05) is 17.7 Å². The molecule has 1 nitrogen and oxygen atoms in total. The second kappa shape index (κ2) is 2.57. The molecule has 58 valence electrons. The first-order chi connectivity index (χ1) is 5.36. The fraction of sp³-hybridized carbons (Fsp3) is 0.400. The van der Waals surface area contributed by atoms with Gasteiger partial charge in [0.1, 0.15) is 0 Å². The first-order valence-corrected chi connectivity index (χ1v) is 4.17. The van der Waals surface area contributed by atoms with Gasteiger partial charge >= 0.3 is 0 Å². The molecule has 0 aliphatic carbocycles. The van der Waals surface area contributed by atoms with Crippen LogP contribution in [0.4, 0.5) is 0 Å². The number of hydrogen-bond acceptors (Lipinski definition) is 1. The molecule has 0 saturated carbocycles. The second-order valence-corrected chi connectivity index (χ2v) is 3.16. The average Bonchev–Trinajstić information content (AvgIpc) is 2.04. The van der Waals surface area contributed by atoms with E-state index in [1.54, 1.807) is 0 Å². The van der Waals surface area contributed by atoms with Crippen LogP contribution in [0.25, 0.3) is 0 Å². The highest BCUT2D eigenvalue weighted by atomic mass is 15.1. The zero-order valence-corrected chi connectivity index (χ0v) is 6.88. The van der Waals surface area contributed by atoms with Crippen molar-refractivity contribution in [2.24, 2.45) is 0 Å². The van der Waals surface area contributed by atoms with E-state index in [-0.39, 0.29) is 0 Å². The molecule has 2 aliphatic rings. The van der Waals surface area contributed by atoms with Crippen LogP contribution in [0.15, 0.2) is 35.7 Å². The first kappa shape index (κ1) is 6.71. The summed E-state index contributed by atoms with van der Waals surface area (Å²) >= 11 is 0. The lowest BCUT2D eigenvalue weighted by molar-refractivity contribution is 0.466. The third-order valence-electron chi connectivity index (χ3n) is 2.23. The molecule has 0 saturated heterocycles. The maximum Gasteiger partial charge on any atom is 0.0408 e. The van der Waals surface area contributed by atoms with Crippen molar-refractivity contribution in [3.05, 3.63) is 35.7 Å². The minimum absolute atomic E-state index is 1.06. The van der Waals surface area contributed by atoms with Crippen LogP contribution in [0.2, 0.25) is 0 Å². The molecule has 1 heteroatoms. The van der Waals surface area contributed by atoms with Crippen molar-refractivity contribution >= 4 is 0 Å². The third kappa shape index (κ3) is 1.23. The van der Waals surface area contributed by atoms with E-state index in [4.69, 9.17) is 0 Å². The van der Waals surface area contributed by atoms with Crippen LogP contribution >= 0.6 is 0 Å². The summed E-state index contributed by atoms with van der Waals surface area (Å²) in [5, 5.41) is 0. The zero-order chi connectivity index (χ0) is 7.68. The monoisotopic (exact) mass is 147 g/mol. The normalized spacial score (nSPS) is 22.5. The van der Waals surface area contributed by atoms with Gasteiger partial charge in [-0.3, -0.25) is 0 Å². The molecule has 0 aromatic rings. The van der Waals surface area contributed by atoms with Gasteiger partial charge in [0.15, 0.2) is 0 Å². The SMILES string of the molecule is CC1=CCN2C=CCCC2=C1. The lowest BCUT2D eigenvalue weighted by Gasteiger charge is -2.28. The maximum absolute atomic E-state index is 2.32. The Hall–Kier alpha value is -0.980. The van der Waals surface area contributed by atoms with Crippen LogP contribution in [0.3, 0.4) is 0 Å². The molecule has 11 heavy (non-hydrogen) atoms. The van der Waals surface area contributed by atoms with Gasteiger partial charge in [0, 0.05) is 18.4 Å². The first-order valence-electron chi connectivity index (χ1n) is 4.17. The van der Waals surface area contributed by atoms with Crippen molar-refractivity contribution in [2.45, 2.75) is 19.8 Å². The molecule has 0 unspecified atom stereocenters. The lowest BCUT2D eigenvalue weighted by Crippen LogP contribution is -2.21. The Morgan fingerprint density at radius 2 is 2.36 bits per heavy atom. The van der Waals surface area contributed by atoms with Crippen molar-refractivity contribution in [1.29, 1.82) is 0 Å². The summed E-state index contributed by atoms with van der Waals surface area (Å²) < 4.78 is 0. The van der Waals surface area contributed by atoms with Crippen LogP contribution in [0.5, 0.6) is 0 Å². The Balaban J connectivity index is 2.26. The minimum Gasteiger partial charge on any atom is -0.348 e. The molecule has 0 N–H and O–H groups in total. The highest BCUT2D eigenvalue weighted by molar-refractivity contribution is 5.28. The molecule has 0 atom stereocenters. The van der Waals surface area contributed by atoms with Crippen molar-refractivity contribution in [3.63, 3.8) is 0 Å². The summed E-state index contributed by atoms with van der Waals surface area (Å²) in [5.41, 5.74) is 2.89. The van der Waals surface area contributed by atoms with E-state index in [1.165, 1.54) is 24.1 Å². The molecule has 0 bridgehead atoms. The Labute approximate surface area is 67.7 Å². The zero-order valence-electron chi connectivity index (χ0n) is 6.88. The average molecular weight is 147 g/mol. The van der Waals surface area contributed by atoms with Gasteiger partial charge in [0.2, 0.25) is 0 Å². The summed E-state index contributed by atoms with van der Waals surface area (Å²) in [6.45, 7) is 3.23. The van der Waals surface area contributed by atoms with Gasteiger partial charge in [0.25, 0.3) is 0 Å². The van der Waals surface area contributed by atoms with E-state index in [0.29, 0.717) is 0 Å². The molecule has 0 spiro atoms. The molecule has 2 aliphatic heterocycles. The predicted molar refractivity (Wildman–Crippen MR) is 46.9 cm³/mol. The molecule has 2 heterocycles. The van der Waals surface area contributed by atoms with Crippen molar-refractivity contribution < 1.29 is 0 Å². The number of hydrogen-bond donors (Lipinski definition) is 0. The van der Waals surface area contributed by atoms with E-state index >= 15 is 0 Å². The van der Waals surface area contributed by atoms with Crippen molar-refractivity contribution in [2.75, 3.05) is 6.54 Å². The predicted octanol–water partition coefficient (Wildman–Crippen LogP) is 2.44. The van der Waals surface area contributed by atoms with Crippen LogP contribution in [0.1, 0.15) is 19.8 Å². The minimum atomic E-state index is 1.06. The van der Waals surface area contributed by atoms with Crippen LogP contribution in [-0.2, 0) is 0 Å². The number of nitrogens with zero attached hydrogens (tertiary/aromatic N) is 1. The number of rotatable bonds is 0. The van der Waals surface area contributed by atoms with E-state index in [1.807, 2.05) is 0 Å². The van der Waals surface area contributed by atoms with Crippen LogP contribution in [-0.4, -0.2) is 11.4 Å². The summed E-state index contributed by atoms with van der Waals surface area (Å²) in [4.78, 5) is 2.32. The Kier molecular flexibility index (Phi) is 1.57. The molecule has 0 amide bonds. The number of fused-ring (bicyclic) bond motifs is 1. The van der Waals surface area contributed by atoms with E-state index in [9.17, 15) is 0 Å². The summed E-state index contributed by atoms with van der Waals surface area (Å²) in [6.07, 6.45) is 11.4. The van der Waals surface area contributed by atoms with E-state index in [0.717, 1.165) is 6.54 Å². The number of allylic oxidation sites excluding steroid dienone is 4. The van der Waals surface area contributed by atoms with Crippen LogP contribution < -0.4 is 0 Å². The standard InChI is InChI=1S/C10H13N/c1-9-5-7-11-6-3-2-4-10(11)8-9/h3,5-6,8H,2,4,7H2,1H3. The summed E-state index contributed by atoms with van der Waals surface area (Å²) in [5.74, 6) is 0.